The maximum atomic E-state index is 12.6. The molecular formula is C26H28N4O2. The van der Waals surface area contributed by atoms with Gasteiger partial charge in [-0.1, -0.05) is 36.4 Å². The molecule has 0 aliphatic carbocycles. The summed E-state index contributed by atoms with van der Waals surface area (Å²) >= 11 is 0. The zero-order chi connectivity index (χ0) is 21.9. The number of piperazine rings is 1. The number of nitrogens with zero attached hydrogens (tertiary/aromatic N) is 4. The van der Waals surface area contributed by atoms with E-state index in [1.54, 1.807) is 18.0 Å². The third-order valence-corrected chi connectivity index (χ3v) is 6.39. The molecule has 164 valence electrons. The van der Waals surface area contributed by atoms with Gasteiger partial charge in [0, 0.05) is 55.7 Å². The number of rotatable bonds is 6. The Kier molecular flexibility index (Phi) is 5.77. The van der Waals surface area contributed by atoms with Gasteiger partial charge in [0.2, 0.25) is 0 Å². The van der Waals surface area contributed by atoms with Crippen molar-refractivity contribution in [2.45, 2.75) is 13.0 Å². The third kappa shape index (κ3) is 4.06. The first-order valence-electron chi connectivity index (χ1n) is 11.2. The molecule has 0 bridgehead atoms. The van der Waals surface area contributed by atoms with Crippen LogP contribution in [0.2, 0.25) is 0 Å². The van der Waals surface area contributed by atoms with Gasteiger partial charge in [0.25, 0.3) is 5.56 Å². The summed E-state index contributed by atoms with van der Waals surface area (Å²) in [5.41, 5.74) is 1.27. The predicted molar refractivity (Wildman–Crippen MR) is 130 cm³/mol. The number of hydrogen-bond donors (Lipinski definition) is 0. The van der Waals surface area contributed by atoms with Crippen molar-refractivity contribution in [1.82, 2.24) is 14.7 Å². The number of aromatic nitrogens is 2. The van der Waals surface area contributed by atoms with Gasteiger partial charge in [0.1, 0.15) is 5.75 Å². The lowest BCUT2D eigenvalue weighted by Crippen LogP contribution is -2.46. The van der Waals surface area contributed by atoms with Crippen molar-refractivity contribution >= 4 is 27.2 Å². The summed E-state index contributed by atoms with van der Waals surface area (Å²) < 4.78 is 7.04. The van der Waals surface area contributed by atoms with E-state index in [4.69, 9.17) is 4.74 Å². The highest BCUT2D eigenvalue weighted by molar-refractivity contribution is 5.95. The Labute approximate surface area is 187 Å². The first-order valence-corrected chi connectivity index (χ1v) is 11.2. The largest absolute Gasteiger partial charge is 0.497 e. The molecule has 32 heavy (non-hydrogen) atoms. The van der Waals surface area contributed by atoms with Crippen LogP contribution in [0.1, 0.15) is 6.42 Å². The highest BCUT2D eigenvalue weighted by atomic mass is 16.5. The number of fused-ring (bicyclic) bond motifs is 2. The molecule has 0 unspecified atom stereocenters. The second kappa shape index (κ2) is 9.01. The van der Waals surface area contributed by atoms with Crippen molar-refractivity contribution in [3.63, 3.8) is 0 Å². The Balaban J connectivity index is 1.20. The highest BCUT2D eigenvalue weighted by Crippen LogP contribution is 2.30. The zero-order valence-corrected chi connectivity index (χ0v) is 18.4. The minimum atomic E-state index is -0.000645. The second-order valence-electron chi connectivity index (χ2n) is 8.31. The zero-order valence-electron chi connectivity index (χ0n) is 18.4. The molecule has 1 saturated heterocycles. The van der Waals surface area contributed by atoms with Crippen molar-refractivity contribution < 1.29 is 4.74 Å². The van der Waals surface area contributed by atoms with Crippen LogP contribution in [0.3, 0.4) is 0 Å². The Hall–Kier alpha value is -3.38. The van der Waals surface area contributed by atoms with Crippen LogP contribution in [0.5, 0.6) is 5.75 Å². The van der Waals surface area contributed by atoms with Gasteiger partial charge in [-0.3, -0.25) is 9.69 Å². The summed E-state index contributed by atoms with van der Waals surface area (Å²) in [6, 6.07) is 20.4. The number of aryl methyl sites for hydroxylation is 1. The van der Waals surface area contributed by atoms with E-state index in [0.717, 1.165) is 55.7 Å². The molecule has 6 nitrogen and oxygen atoms in total. The summed E-state index contributed by atoms with van der Waals surface area (Å²) in [5.74, 6) is 0.890. The molecule has 1 aliphatic rings. The standard InChI is InChI=1S/C26H28N4O2/c1-32-22-11-10-20-7-4-9-25(24(20)18-22)29-16-14-28(15-17-29)12-5-13-30-26(31)23-8-3-2-6-21(23)19-27-30/h2-4,6-11,18-19H,5,12-17H2,1H3. The molecule has 5 rings (SSSR count). The fraction of sp³-hybridized carbons (Fsp3) is 0.308. The number of ether oxygens (including phenoxy) is 1. The molecular weight excluding hydrogens is 400 g/mol. The fourth-order valence-electron chi connectivity index (χ4n) is 4.58. The van der Waals surface area contributed by atoms with Gasteiger partial charge in [-0.15, -0.1) is 0 Å². The first kappa shape index (κ1) is 20.5. The van der Waals surface area contributed by atoms with Crippen LogP contribution in [0.15, 0.2) is 71.7 Å². The smallest absolute Gasteiger partial charge is 0.274 e. The molecule has 6 heteroatoms. The molecule has 0 radical (unpaired) electrons. The van der Waals surface area contributed by atoms with Gasteiger partial charge < -0.3 is 9.64 Å². The van der Waals surface area contributed by atoms with Crippen molar-refractivity contribution in [2.24, 2.45) is 0 Å². The summed E-state index contributed by atoms with van der Waals surface area (Å²) in [7, 11) is 1.71. The van der Waals surface area contributed by atoms with Gasteiger partial charge in [0.15, 0.2) is 0 Å². The first-order chi connectivity index (χ1) is 15.7. The fourth-order valence-corrected chi connectivity index (χ4v) is 4.58. The quantitative estimate of drug-likeness (QED) is 0.468. The normalized spacial score (nSPS) is 14.8. The van der Waals surface area contributed by atoms with Crippen molar-refractivity contribution in [3.8, 4) is 5.75 Å². The molecule has 3 aromatic carbocycles. The van der Waals surface area contributed by atoms with Gasteiger partial charge in [-0.05, 0) is 36.1 Å². The van der Waals surface area contributed by atoms with E-state index in [-0.39, 0.29) is 5.56 Å². The van der Waals surface area contributed by atoms with Crippen LogP contribution in [0.4, 0.5) is 5.69 Å². The summed E-state index contributed by atoms with van der Waals surface area (Å²) in [5, 5.41) is 8.46. The van der Waals surface area contributed by atoms with E-state index in [1.807, 2.05) is 30.3 Å². The van der Waals surface area contributed by atoms with Crippen LogP contribution >= 0.6 is 0 Å². The summed E-state index contributed by atoms with van der Waals surface area (Å²) in [4.78, 5) is 17.6. The molecule has 2 heterocycles. The Morgan fingerprint density at radius 1 is 0.875 bits per heavy atom. The van der Waals surface area contributed by atoms with Crippen molar-refractivity contribution in [1.29, 1.82) is 0 Å². The second-order valence-corrected chi connectivity index (χ2v) is 8.31. The molecule has 0 spiro atoms. The van der Waals surface area contributed by atoms with E-state index < -0.39 is 0 Å². The number of anilines is 1. The van der Waals surface area contributed by atoms with E-state index in [0.29, 0.717) is 6.54 Å². The molecule has 0 N–H and O–H groups in total. The van der Waals surface area contributed by atoms with E-state index in [1.165, 1.54) is 16.5 Å². The van der Waals surface area contributed by atoms with Crippen LogP contribution in [0.25, 0.3) is 21.5 Å². The molecule has 1 aromatic heterocycles. The predicted octanol–water partition coefficient (Wildman–Crippen LogP) is 3.77. The monoisotopic (exact) mass is 428 g/mol. The number of hydrogen-bond acceptors (Lipinski definition) is 5. The summed E-state index contributed by atoms with van der Waals surface area (Å²) in [6.07, 6.45) is 2.70. The van der Waals surface area contributed by atoms with Crippen LogP contribution < -0.4 is 15.2 Å². The van der Waals surface area contributed by atoms with Crippen LogP contribution in [-0.4, -0.2) is 54.5 Å². The maximum absolute atomic E-state index is 12.6. The Morgan fingerprint density at radius 3 is 2.53 bits per heavy atom. The van der Waals surface area contributed by atoms with E-state index >= 15 is 0 Å². The SMILES string of the molecule is COc1ccc2cccc(N3CCN(CCCn4ncc5ccccc5c4=O)CC3)c2c1. The molecule has 1 fully saturated rings. The molecule has 0 amide bonds. The highest BCUT2D eigenvalue weighted by Gasteiger charge is 2.18. The molecule has 0 saturated carbocycles. The topological polar surface area (TPSA) is 50.6 Å². The van der Waals surface area contributed by atoms with Gasteiger partial charge in [-0.25, -0.2) is 4.68 Å². The van der Waals surface area contributed by atoms with Crippen molar-refractivity contribution in [2.75, 3.05) is 44.7 Å². The minimum Gasteiger partial charge on any atom is -0.497 e. The summed E-state index contributed by atoms with van der Waals surface area (Å²) in [6.45, 7) is 5.63. The van der Waals surface area contributed by atoms with Gasteiger partial charge in [0.05, 0.1) is 18.7 Å². The van der Waals surface area contributed by atoms with Crippen LogP contribution in [-0.2, 0) is 6.54 Å². The lowest BCUT2D eigenvalue weighted by molar-refractivity contribution is 0.248. The number of benzene rings is 3. The molecule has 1 aliphatic heterocycles. The molecule has 0 atom stereocenters. The van der Waals surface area contributed by atoms with E-state index in [2.05, 4.69) is 45.2 Å². The molecule has 4 aromatic rings. The lowest BCUT2D eigenvalue weighted by Gasteiger charge is -2.36. The minimum absolute atomic E-state index is 0.000645. The maximum Gasteiger partial charge on any atom is 0.274 e. The van der Waals surface area contributed by atoms with E-state index in [9.17, 15) is 4.79 Å². The third-order valence-electron chi connectivity index (χ3n) is 6.39. The average molecular weight is 429 g/mol. The Morgan fingerprint density at radius 2 is 1.69 bits per heavy atom. The van der Waals surface area contributed by atoms with Gasteiger partial charge in [-0.2, -0.15) is 5.10 Å². The lowest BCUT2D eigenvalue weighted by atomic mass is 10.1. The van der Waals surface area contributed by atoms with Gasteiger partial charge >= 0.3 is 0 Å². The Bertz CT molecular complexity index is 1290. The van der Waals surface area contributed by atoms with Crippen molar-refractivity contribution in [3.05, 3.63) is 77.2 Å². The van der Waals surface area contributed by atoms with Crippen LogP contribution in [0, 0.1) is 0 Å². The number of methoxy groups -OCH3 is 1. The average Bonchev–Trinajstić information content (AvgIpc) is 2.85.